The molecule has 1 heterocycles. The van der Waals surface area contributed by atoms with Gasteiger partial charge in [-0.1, -0.05) is 0 Å². The van der Waals surface area contributed by atoms with Gasteiger partial charge in [0, 0.05) is 11.8 Å². The molecule has 0 radical (unpaired) electrons. The lowest BCUT2D eigenvalue weighted by molar-refractivity contribution is 0.103. The first-order chi connectivity index (χ1) is 8.91. The van der Waals surface area contributed by atoms with Crippen LogP contribution < -0.4 is 5.73 Å². The monoisotopic (exact) mass is 326 g/mol. The molecule has 0 bridgehead atoms. The molecule has 0 spiro atoms. The molecule has 0 unspecified atom stereocenters. The number of carbonyl (C=O) groups excluding carboxylic acids is 1. The smallest absolute Gasteiger partial charge is 0.197 e. The van der Waals surface area contributed by atoms with Crippen LogP contribution >= 0.6 is 15.9 Å². The summed E-state index contributed by atoms with van der Waals surface area (Å²) in [5, 5.41) is 0. The highest BCUT2D eigenvalue weighted by Crippen LogP contribution is 2.26. The van der Waals surface area contributed by atoms with Crippen molar-refractivity contribution in [3.63, 3.8) is 0 Å². The average Bonchev–Trinajstić information content (AvgIpc) is 2.38. The van der Waals surface area contributed by atoms with Crippen LogP contribution in [0.4, 0.5) is 14.6 Å². The standard InChI is InChI=1S/C13H9BrF2N2O/c1-6-4-8(13(17)18-5-6)12(19)7-2-3-9(15)11(16)10(7)14/h2-5H,1H3,(H2,17,18). The van der Waals surface area contributed by atoms with E-state index in [4.69, 9.17) is 5.73 Å². The van der Waals surface area contributed by atoms with Gasteiger partial charge in [0.25, 0.3) is 0 Å². The van der Waals surface area contributed by atoms with E-state index >= 15 is 0 Å². The Morgan fingerprint density at radius 3 is 2.68 bits per heavy atom. The predicted octanol–water partition coefficient (Wildman–Crippen LogP) is 3.24. The summed E-state index contributed by atoms with van der Waals surface area (Å²) >= 11 is 2.87. The molecule has 19 heavy (non-hydrogen) atoms. The Kier molecular flexibility index (Phi) is 3.61. The van der Waals surface area contributed by atoms with Gasteiger partial charge in [0.15, 0.2) is 17.4 Å². The molecule has 2 rings (SSSR count). The number of rotatable bonds is 2. The van der Waals surface area contributed by atoms with E-state index in [0.29, 0.717) is 0 Å². The number of nitrogens with two attached hydrogens (primary N) is 1. The van der Waals surface area contributed by atoms with E-state index in [1.807, 2.05) is 0 Å². The van der Waals surface area contributed by atoms with Crippen LogP contribution in [-0.2, 0) is 0 Å². The van der Waals surface area contributed by atoms with Crippen LogP contribution in [0.15, 0.2) is 28.9 Å². The van der Waals surface area contributed by atoms with E-state index in [-0.39, 0.29) is 21.4 Å². The Labute approximate surface area is 116 Å². The van der Waals surface area contributed by atoms with Crippen molar-refractivity contribution in [2.24, 2.45) is 0 Å². The van der Waals surface area contributed by atoms with Crippen LogP contribution in [0.5, 0.6) is 0 Å². The molecule has 6 heteroatoms. The van der Waals surface area contributed by atoms with Crippen molar-refractivity contribution in [2.75, 3.05) is 5.73 Å². The maximum atomic E-state index is 13.4. The molecule has 0 aliphatic heterocycles. The number of nitrogen functional groups attached to an aromatic ring is 1. The third-order valence-electron chi connectivity index (χ3n) is 2.58. The molecule has 0 atom stereocenters. The fourth-order valence-electron chi connectivity index (χ4n) is 1.61. The average molecular weight is 327 g/mol. The van der Waals surface area contributed by atoms with Gasteiger partial charge in [-0.3, -0.25) is 4.79 Å². The number of aromatic nitrogens is 1. The first-order valence-electron chi connectivity index (χ1n) is 5.32. The minimum absolute atomic E-state index is 0.00185. The second-order valence-corrected chi connectivity index (χ2v) is 4.79. The molecule has 1 aromatic heterocycles. The van der Waals surface area contributed by atoms with Crippen LogP contribution in [-0.4, -0.2) is 10.8 Å². The summed E-state index contributed by atoms with van der Waals surface area (Å²) in [6.07, 6.45) is 1.52. The molecule has 98 valence electrons. The van der Waals surface area contributed by atoms with E-state index in [1.165, 1.54) is 12.3 Å². The Morgan fingerprint density at radius 2 is 2.00 bits per heavy atom. The molecular formula is C13H9BrF2N2O. The fourth-order valence-corrected chi connectivity index (χ4v) is 2.11. The summed E-state index contributed by atoms with van der Waals surface area (Å²) in [6, 6.07) is 3.65. The molecule has 0 aliphatic carbocycles. The lowest BCUT2D eigenvalue weighted by atomic mass is 10.0. The van der Waals surface area contributed by atoms with Crippen molar-refractivity contribution in [3.05, 3.63) is 57.2 Å². The van der Waals surface area contributed by atoms with E-state index in [2.05, 4.69) is 20.9 Å². The molecular weight excluding hydrogens is 318 g/mol. The number of pyridine rings is 1. The van der Waals surface area contributed by atoms with Crippen molar-refractivity contribution in [1.29, 1.82) is 0 Å². The van der Waals surface area contributed by atoms with Gasteiger partial charge in [0.05, 0.1) is 10.0 Å². The highest BCUT2D eigenvalue weighted by atomic mass is 79.9. The van der Waals surface area contributed by atoms with Gasteiger partial charge in [-0.15, -0.1) is 0 Å². The summed E-state index contributed by atoms with van der Waals surface area (Å²) < 4.78 is 26.2. The first-order valence-corrected chi connectivity index (χ1v) is 6.11. The van der Waals surface area contributed by atoms with Crippen LogP contribution in [0.1, 0.15) is 21.5 Å². The van der Waals surface area contributed by atoms with E-state index in [9.17, 15) is 13.6 Å². The van der Waals surface area contributed by atoms with Crippen molar-refractivity contribution in [2.45, 2.75) is 6.92 Å². The van der Waals surface area contributed by atoms with Gasteiger partial charge < -0.3 is 5.73 Å². The predicted molar refractivity (Wildman–Crippen MR) is 70.9 cm³/mol. The molecule has 2 N–H and O–H groups in total. The zero-order valence-corrected chi connectivity index (χ0v) is 11.5. The number of benzene rings is 1. The summed E-state index contributed by atoms with van der Waals surface area (Å²) in [7, 11) is 0. The number of halogens is 3. The largest absolute Gasteiger partial charge is 0.383 e. The van der Waals surface area contributed by atoms with Gasteiger partial charge in [0.1, 0.15) is 5.82 Å². The maximum Gasteiger partial charge on any atom is 0.197 e. The number of hydrogen-bond acceptors (Lipinski definition) is 3. The number of anilines is 1. The number of aryl methyl sites for hydroxylation is 1. The third-order valence-corrected chi connectivity index (χ3v) is 3.35. The maximum absolute atomic E-state index is 13.4. The summed E-state index contributed by atoms with van der Waals surface area (Å²) in [5.41, 5.74) is 6.53. The second kappa shape index (κ2) is 5.05. The molecule has 0 fully saturated rings. The summed E-state index contributed by atoms with van der Waals surface area (Å²) in [5.74, 6) is -2.60. The van der Waals surface area contributed by atoms with Gasteiger partial charge >= 0.3 is 0 Å². The zero-order valence-electron chi connectivity index (χ0n) is 9.88. The van der Waals surface area contributed by atoms with Crippen molar-refractivity contribution >= 4 is 27.5 Å². The van der Waals surface area contributed by atoms with Crippen molar-refractivity contribution in [3.8, 4) is 0 Å². The SMILES string of the molecule is Cc1cnc(N)c(C(=O)c2ccc(F)c(F)c2Br)c1. The Morgan fingerprint density at radius 1 is 1.32 bits per heavy atom. The molecule has 3 nitrogen and oxygen atoms in total. The zero-order chi connectivity index (χ0) is 14.2. The molecule has 0 saturated carbocycles. The second-order valence-electron chi connectivity index (χ2n) is 4.00. The Balaban J connectivity index is 2.56. The molecule has 0 aliphatic rings. The highest BCUT2D eigenvalue weighted by molar-refractivity contribution is 9.10. The van der Waals surface area contributed by atoms with Gasteiger partial charge in [-0.05, 0) is 46.6 Å². The van der Waals surface area contributed by atoms with E-state index in [1.54, 1.807) is 13.0 Å². The summed E-state index contributed by atoms with van der Waals surface area (Å²) in [4.78, 5) is 16.1. The van der Waals surface area contributed by atoms with Gasteiger partial charge in [-0.2, -0.15) is 0 Å². The molecule has 2 aromatic rings. The third kappa shape index (κ3) is 2.49. The lowest BCUT2D eigenvalue weighted by Crippen LogP contribution is -2.09. The molecule has 1 aromatic carbocycles. The van der Waals surface area contributed by atoms with Gasteiger partial charge in [-0.25, -0.2) is 13.8 Å². The van der Waals surface area contributed by atoms with Crippen LogP contribution in [0, 0.1) is 18.6 Å². The lowest BCUT2D eigenvalue weighted by Gasteiger charge is -2.08. The molecule has 0 saturated heterocycles. The minimum atomic E-state index is -1.11. The van der Waals surface area contributed by atoms with E-state index < -0.39 is 17.4 Å². The first kappa shape index (κ1) is 13.6. The van der Waals surface area contributed by atoms with Gasteiger partial charge in [0.2, 0.25) is 0 Å². The highest BCUT2D eigenvalue weighted by Gasteiger charge is 2.20. The number of hydrogen-bond donors (Lipinski definition) is 1. The van der Waals surface area contributed by atoms with Crippen molar-refractivity contribution < 1.29 is 13.6 Å². The van der Waals surface area contributed by atoms with Crippen LogP contribution in [0.2, 0.25) is 0 Å². The Hall–Kier alpha value is -1.82. The molecule has 0 amide bonds. The fraction of sp³-hybridized carbons (Fsp3) is 0.0769. The van der Waals surface area contributed by atoms with E-state index in [0.717, 1.165) is 11.6 Å². The number of nitrogens with zero attached hydrogens (tertiary/aromatic N) is 1. The topological polar surface area (TPSA) is 56.0 Å². The van der Waals surface area contributed by atoms with Crippen molar-refractivity contribution in [1.82, 2.24) is 4.98 Å². The quantitative estimate of drug-likeness (QED) is 0.680. The normalized spacial score (nSPS) is 10.5. The minimum Gasteiger partial charge on any atom is -0.383 e. The number of ketones is 1. The summed E-state index contributed by atoms with van der Waals surface area (Å²) in [6.45, 7) is 1.75. The van der Waals surface area contributed by atoms with Crippen LogP contribution in [0.25, 0.3) is 0 Å². The van der Waals surface area contributed by atoms with Crippen LogP contribution in [0.3, 0.4) is 0 Å². The Bertz CT molecular complexity index is 674. The number of carbonyl (C=O) groups is 1.